The van der Waals surface area contributed by atoms with E-state index >= 15 is 0 Å². The zero-order chi connectivity index (χ0) is 11.7. The molecule has 1 saturated carbocycles. The topological polar surface area (TPSA) is 37.8 Å². The average Bonchev–Trinajstić information content (AvgIpc) is 2.98. The lowest BCUT2D eigenvalue weighted by Gasteiger charge is -2.10. The van der Waals surface area contributed by atoms with Gasteiger partial charge in [0.1, 0.15) is 5.01 Å². The van der Waals surface area contributed by atoms with E-state index in [4.69, 9.17) is 4.98 Å². The standard InChI is InChI=1S/C13H15N3S/c1-14-9-13(4-5-13)11-8-17-12(16-11)10-2-6-15-7-3-10/h2-3,6-8,14H,4-5,9H2,1H3. The average molecular weight is 245 g/mol. The van der Waals surface area contributed by atoms with Gasteiger partial charge in [0, 0.05) is 35.3 Å². The molecule has 4 heteroatoms. The Kier molecular flexibility index (Phi) is 2.68. The van der Waals surface area contributed by atoms with Crippen LogP contribution in [0.5, 0.6) is 0 Å². The van der Waals surface area contributed by atoms with Crippen molar-refractivity contribution in [2.45, 2.75) is 18.3 Å². The predicted molar refractivity (Wildman–Crippen MR) is 70.2 cm³/mol. The number of thiazole rings is 1. The summed E-state index contributed by atoms with van der Waals surface area (Å²) in [5.41, 5.74) is 2.73. The van der Waals surface area contributed by atoms with E-state index < -0.39 is 0 Å². The largest absolute Gasteiger partial charge is 0.319 e. The summed E-state index contributed by atoms with van der Waals surface area (Å²) < 4.78 is 0. The molecule has 1 N–H and O–H groups in total. The third-order valence-electron chi connectivity index (χ3n) is 3.34. The van der Waals surface area contributed by atoms with E-state index in [1.54, 1.807) is 11.3 Å². The normalized spacial score (nSPS) is 17.0. The van der Waals surface area contributed by atoms with Crippen molar-refractivity contribution in [1.82, 2.24) is 15.3 Å². The Balaban J connectivity index is 1.89. The summed E-state index contributed by atoms with van der Waals surface area (Å²) in [7, 11) is 2.01. The molecule has 3 rings (SSSR count). The lowest BCUT2D eigenvalue weighted by Crippen LogP contribution is -2.23. The van der Waals surface area contributed by atoms with Gasteiger partial charge in [-0.2, -0.15) is 0 Å². The van der Waals surface area contributed by atoms with Crippen molar-refractivity contribution in [3.63, 3.8) is 0 Å². The van der Waals surface area contributed by atoms with Crippen LogP contribution in [0.4, 0.5) is 0 Å². The number of aromatic nitrogens is 2. The van der Waals surface area contributed by atoms with Crippen molar-refractivity contribution in [2.24, 2.45) is 0 Å². The number of nitrogens with zero attached hydrogens (tertiary/aromatic N) is 2. The summed E-state index contributed by atoms with van der Waals surface area (Å²) in [6, 6.07) is 4.03. The number of hydrogen-bond donors (Lipinski definition) is 1. The van der Waals surface area contributed by atoms with E-state index in [1.807, 2.05) is 31.6 Å². The summed E-state index contributed by atoms with van der Waals surface area (Å²) >= 11 is 1.73. The Morgan fingerprint density at radius 2 is 2.12 bits per heavy atom. The van der Waals surface area contributed by atoms with Crippen molar-refractivity contribution in [3.05, 3.63) is 35.6 Å². The van der Waals surface area contributed by atoms with Gasteiger partial charge in [0.25, 0.3) is 0 Å². The van der Waals surface area contributed by atoms with Crippen LogP contribution >= 0.6 is 11.3 Å². The second-order valence-corrected chi connectivity index (χ2v) is 5.44. The summed E-state index contributed by atoms with van der Waals surface area (Å²) in [6.45, 7) is 1.03. The summed E-state index contributed by atoms with van der Waals surface area (Å²) in [4.78, 5) is 8.82. The van der Waals surface area contributed by atoms with Gasteiger partial charge in [0.05, 0.1) is 5.69 Å². The number of likely N-dealkylation sites (N-methyl/N-ethyl adjacent to an activating group) is 1. The second kappa shape index (κ2) is 4.20. The van der Waals surface area contributed by atoms with Crippen LogP contribution in [0.15, 0.2) is 29.9 Å². The van der Waals surface area contributed by atoms with Gasteiger partial charge in [0.15, 0.2) is 0 Å². The summed E-state index contributed by atoms with van der Waals surface area (Å²) in [5, 5.41) is 6.58. The molecule has 17 heavy (non-hydrogen) atoms. The van der Waals surface area contributed by atoms with Crippen molar-refractivity contribution >= 4 is 11.3 Å². The Morgan fingerprint density at radius 3 is 2.76 bits per heavy atom. The first-order chi connectivity index (χ1) is 8.34. The zero-order valence-corrected chi connectivity index (χ0v) is 10.6. The highest BCUT2D eigenvalue weighted by atomic mass is 32.1. The van der Waals surface area contributed by atoms with Crippen LogP contribution in [0.25, 0.3) is 10.6 Å². The first kappa shape index (κ1) is 10.9. The van der Waals surface area contributed by atoms with Crippen molar-refractivity contribution in [2.75, 3.05) is 13.6 Å². The lowest BCUT2D eigenvalue weighted by molar-refractivity contribution is 0.611. The Labute approximate surface area is 105 Å². The van der Waals surface area contributed by atoms with E-state index in [-0.39, 0.29) is 0 Å². The smallest absolute Gasteiger partial charge is 0.123 e. The molecule has 0 saturated heterocycles. The van der Waals surface area contributed by atoms with E-state index in [1.165, 1.54) is 18.5 Å². The molecule has 2 aromatic heterocycles. The minimum absolute atomic E-state index is 0.316. The molecule has 0 spiro atoms. The quantitative estimate of drug-likeness (QED) is 0.899. The number of pyridine rings is 1. The number of rotatable bonds is 4. The van der Waals surface area contributed by atoms with Gasteiger partial charge in [-0.05, 0) is 32.0 Å². The van der Waals surface area contributed by atoms with Gasteiger partial charge in [-0.15, -0.1) is 11.3 Å². The minimum atomic E-state index is 0.316. The number of nitrogens with one attached hydrogen (secondary N) is 1. The molecule has 1 aliphatic rings. The predicted octanol–water partition coefficient (Wildman–Crippen LogP) is 2.46. The molecule has 88 valence electrons. The molecule has 0 atom stereocenters. The van der Waals surface area contributed by atoms with Crippen LogP contribution in [-0.4, -0.2) is 23.6 Å². The Hall–Kier alpha value is -1.26. The number of hydrogen-bond acceptors (Lipinski definition) is 4. The van der Waals surface area contributed by atoms with Gasteiger partial charge < -0.3 is 5.32 Å². The fourth-order valence-electron chi connectivity index (χ4n) is 2.16. The third-order valence-corrected chi connectivity index (χ3v) is 4.23. The molecule has 0 aromatic carbocycles. The minimum Gasteiger partial charge on any atom is -0.319 e. The van der Waals surface area contributed by atoms with Crippen molar-refractivity contribution in [1.29, 1.82) is 0 Å². The molecule has 0 bridgehead atoms. The molecule has 0 unspecified atom stereocenters. The molecule has 0 radical (unpaired) electrons. The fourth-order valence-corrected chi connectivity index (χ4v) is 3.11. The monoisotopic (exact) mass is 245 g/mol. The van der Waals surface area contributed by atoms with Crippen molar-refractivity contribution < 1.29 is 0 Å². The van der Waals surface area contributed by atoms with Crippen LogP contribution < -0.4 is 5.32 Å². The third kappa shape index (κ3) is 1.98. The van der Waals surface area contributed by atoms with Crippen LogP contribution in [0.1, 0.15) is 18.5 Å². The van der Waals surface area contributed by atoms with Gasteiger partial charge in [-0.1, -0.05) is 0 Å². The Bertz CT molecular complexity index is 502. The molecule has 1 aliphatic carbocycles. The molecule has 0 aliphatic heterocycles. The SMILES string of the molecule is CNCC1(c2csc(-c3ccncc3)n2)CC1. The Morgan fingerprint density at radius 1 is 1.35 bits per heavy atom. The van der Waals surface area contributed by atoms with Crippen LogP contribution in [0.2, 0.25) is 0 Å². The maximum absolute atomic E-state index is 4.78. The first-order valence-electron chi connectivity index (χ1n) is 5.85. The summed E-state index contributed by atoms with van der Waals surface area (Å²) in [5.74, 6) is 0. The molecule has 2 heterocycles. The van der Waals surface area contributed by atoms with E-state index in [0.717, 1.165) is 17.1 Å². The fraction of sp³-hybridized carbons (Fsp3) is 0.385. The van der Waals surface area contributed by atoms with Crippen LogP contribution in [0.3, 0.4) is 0 Å². The summed E-state index contributed by atoms with van der Waals surface area (Å²) in [6.07, 6.45) is 6.15. The molecule has 3 nitrogen and oxygen atoms in total. The highest BCUT2D eigenvalue weighted by molar-refractivity contribution is 7.13. The second-order valence-electron chi connectivity index (χ2n) is 4.58. The molecule has 1 fully saturated rings. The zero-order valence-electron chi connectivity index (χ0n) is 9.81. The first-order valence-corrected chi connectivity index (χ1v) is 6.73. The highest BCUT2D eigenvalue weighted by Crippen LogP contribution is 2.48. The molecular formula is C13H15N3S. The van der Waals surface area contributed by atoms with Gasteiger partial charge in [-0.25, -0.2) is 4.98 Å². The van der Waals surface area contributed by atoms with Gasteiger partial charge >= 0.3 is 0 Å². The van der Waals surface area contributed by atoms with Crippen LogP contribution in [0, 0.1) is 0 Å². The van der Waals surface area contributed by atoms with Crippen molar-refractivity contribution in [3.8, 4) is 10.6 Å². The van der Waals surface area contributed by atoms with E-state index in [2.05, 4.69) is 15.7 Å². The molecular weight excluding hydrogens is 230 g/mol. The van der Waals surface area contributed by atoms with E-state index in [9.17, 15) is 0 Å². The maximum atomic E-state index is 4.78. The lowest BCUT2D eigenvalue weighted by atomic mass is 10.0. The van der Waals surface area contributed by atoms with Gasteiger partial charge in [-0.3, -0.25) is 4.98 Å². The molecule has 0 amide bonds. The maximum Gasteiger partial charge on any atom is 0.123 e. The van der Waals surface area contributed by atoms with E-state index in [0.29, 0.717) is 5.41 Å². The molecule has 2 aromatic rings. The van der Waals surface area contributed by atoms with Crippen LogP contribution in [-0.2, 0) is 5.41 Å². The highest BCUT2D eigenvalue weighted by Gasteiger charge is 2.45. The van der Waals surface area contributed by atoms with Gasteiger partial charge in [0.2, 0.25) is 0 Å².